The number of nitrogens with zero attached hydrogens (tertiary/aromatic N) is 2. The van der Waals surface area contributed by atoms with Gasteiger partial charge in [0.2, 0.25) is 0 Å². The van der Waals surface area contributed by atoms with Crippen LogP contribution >= 0.6 is 0 Å². The second-order valence-corrected chi connectivity index (χ2v) is 7.66. The summed E-state index contributed by atoms with van der Waals surface area (Å²) in [5.74, 6) is -0.990. The molecule has 0 saturated heterocycles. The van der Waals surface area contributed by atoms with Crippen molar-refractivity contribution in [3.8, 4) is 16.9 Å². The number of fused-ring (bicyclic) bond motifs is 1. The second kappa shape index (κ2) is 8.96. The van der Waals surface area contributed by atoms with Crippen LogP contribution < -0.4 is 21.1 Å². The molecule has 0 atom stereocenters. The number of aryl methyl sites for hydroxylation is 2. The molecule has 4 N–H and O–H groups in total. The lowest BCUT2D eigenvalue weighted by Gasteiger charge is -2.12. The number of aromatic nitrogens is 2. The van der Waals surface area contributed by atoms with Gasteiger partial charge in [-0.3, -0.25) is 14.6 Å². The maximum absolute atomic E-state index is 12.5. The number of nitrogens with two attached hydrogens (primary N) is 1. The number of pyridine rings is 2. The molecule has 8 nitrogen and oxygen atoms in total. The van der Waals surface area contributed by atoms with Crippen molar-refractivity contribution in [3.63, 3.8) is 0 Å². The fraction of sp³-hybridized carbons (Fsp3) is 0.120. The van der Waals surface area contributed by atoms with Crippen LogP contribution in [-0.4, -0.2) is 28.9 Å². The zero-order chi connectivity index (χ0) is 23.5. The Morgan fingerprint density at radius 2 is 1.76 bits per heavy atom. The molecule has 0 unspecified atom stereocenters. The maximum Gasteiger partial charge on any atom is 0.315 e. The van der Waals surface area contributed by atoms with Gasteiger partial charge in [-0.15, -0.1) is 0 Å². The number of hydrogen-bond acceptors (Lipinski definition) is 6. The molecule has 0 aliphatic carbocycles. The number of hydrogen-bond donors (Lipinski definition) is 3. The lowest BCUT2D eigenvalue weighted by atomic mass is 9.99. The predicted octanol–water partition coefficient (Wildman–Crippen LogP) is 4.08. The number of anilines is 3. The Morgan fingerprint density at radius 3 is 2.52 bits per heavy atom. The van der Waals surface area contributed by atoms with Gasteiger partial charge in [-0.1, -0.05) is 6.07 Å². The van der Waals surface area contributed by atoms with E-state index >= 15 is 0 Å². The number of amides is 2. The molecule has 2 heterocycles. The highest BCUT2D eigenvalue weighted by Crippen LogP contribution is 2.31. The molecule has 0 bridgehead atoms. The van der Waals surface area contributed by atoms with Crippen molar-refractivity contribution < 1.29 is 14.3 Å². The van der Waals surface area contributed by atoms with Crippen LogP contribution in [0.15, 0.2) is 61.1 Å². The summed E-state index contributed by atoms with van der Waals surface area (Å²) in [6.07, 6.45) is 5.09. The molecule has 2 aromatic carbocycles. The maximum atomic E-state index is 12.5. The summed E-state index contributed by atoms with van der Waals surface area (Å²) in [5, 5.41) is 6.63. The first-order valence-electron chi connectivity index (χ1n) is 10.2. The van der Waals surface area contributed by atoms with Crippen molar-refractivity contribution >= 4 is 39.8 Å². The van der Waals surface area contributed by atoms with Gasteiger partial charge in [-0.2, -0.15) is 0 Å². The third-order valence-electron chi connectivity index (χ3n) is 5.27. The summed E-state index contributed by atoms with van der Waals surface area (Å²) in [7, 11) is 1.49. The van der Waals surface area contributed by atoms with Gasteiger partial charge in [-0.25, -0.2) is 4.98 Å². The normalized spacial score (nSPS) is 10.6. The molecule has 8 heteroatoms. The Bertz CT molecular complexity index is 1380. The van der Waals surface area contributed by atoms with Crippen LogP contribution in [0.1, 0.15) is 11.1 Å². The van der Waals surface area contributed by atoms with Crippen LogP contribution in [0.4, 0.5) is 17.2 Å². The highest BCUT2D eigenvalue weighted by atomic mass is 16.5. The number of carbonyl (C=O) groups is 2. The molecular weight excluding hydrogens is 418 g/mol. The number of nitrogen functional groups attached to an aromatic ring is 1. The number of ether oxygens (including phenoxy) is 1. The summed E-state index contributed by atoms with van der Waals surface area (Å²) in [6, 6.07) is 12.7. The average Bonchev–Trinajstić information content (AvgIpc) is 2.79. The first kappa shape index (κ1) is 21.8. The number of rotatable bonds is 4. The molecule has 4 rings (SSSR count). The van der Waals surface area contributed by atoms with Crippen LogP contribution in [0.5, 0.6) is 5.75 Å². The van der Waals surface area contributed by atoms with E-state index in [0.717, 1.165) is 33.0 Å². The van der Waals surface area contributed by atoms with Crippen LogP contribution in [0, 0.1) is 13.8 Å². The van der Waals surface area contributed by atoms with E-state index in [0.29, 0.717) is 17.1 Å². The van der Waals surface area contributed by atoms with E-state index in [4.69, 9.17) is 10.5 Å². The number of benzene rings is 2. The summed E-state index contributed by atoms with van der Waals surface area (Å²) < 4.78 is 5.24. The first-order chi connectivity index (χ1) is 15.9. The molecule has 0 aliphatic heterocycles. The fourth-order valence-electron chi connectivity index (χ4n) is 3.55. The predicted molar refractivity (Wildman–Crippen MR) is 129 cm³/mol. The minimum absolute atomic E-state index is 0.235. The van der Waals surface area contributed by atoms with E-state index in [-0.39, 0.29) is 5.82 Å². The molecule has 166 valence electrons. The molecule has 0 radical (unpaired) electrons. The highest BCUT2D eigenvalue weighted by Gasteiger charge is 2.17. The number of carbonyl (C=O) groups excluding carboxylic acids is 2. The fourth-order valence-corrected chi connectivity index (χ4v) is 3.55. The van der Waals surface area contributed by atoms with Gasteiger partial charge >= 0.3 is 11.8 Å². The van der Waals surface area contributed by atoms with Crippen molar-refractivity contribution in [2.24, 2.45) is 0 Å². The molecule has 33 heavy (non-hydrogen) atoms. The lowest BCUT2D eigenvalue weighted by molar-refractivity contribution is -0.133. The van der Waals surface area contributed by atoms with Crippen molar-refractivity contribution in [3.05, 3.63) is 72.2 Å². The molecule has 4 aromatic rings. The summed E-state index contributed by atoms with van der Waals surface area (Å²) in [5.41, 5.74) is 11.1. The van der Waals surface area contributed by atoms with Crippen molar-refractivity contribution in [2.75, 3.05) is 23.5 Å². The van der Waals surface area contributed by atoms with Crippen LogP contribution in [0.3, 0.4) is 0 Å². The smallest absolute Gasteiger partial charge is 0.315 e. The molecule has 2 aromatic heterocycles. The molecule has 2 amide bonds. The van der Waals surface area contributed by atoms with E-state index in [9.17, 15) is 9.59 Å². The van der Waals surface area contributed by atoms with Crippen LogP contribution in [0.25, 0.3) is 21.9 Å². The first-order valence-corrected chi connectivity index (χ1v) is 10.2. The topological polar surface area (TPSA) is 119 Å². The SMILES string of the molecule is COc1ccc(C)cc1NC(=O)C(=O)Nc1cc2cc(-c3cnccc3C)cc(N)c2cn1. The zero-order valence-corrected chi connectivity index (χ0v) is 18.5. The number of nitrogens with one attached hydrogen (secondary N) is 2. The number of methoxy groups -OCH3 is 1. The third kappa shape index (κ3) is 4.59. The zero-order valence-electron chi connectivity index (χ0n) is 18.5. The van der Waals surface area contributed by atoms with Gasteiger partial charge in [0.15, 0.2) is 0 Å². The summed E-state index contributed by atoms with van der Waals surface area (Å²) in [6.45, 7) is 3.87. The molecule has 0 fully saturated rings. The Labute approximate surface area is 190 Å². The van der Waals surface area contributed by atoms with Gasteiger partial charge in [0, 0.05) is 35.2 Å². The van der Waals surface area contributed by atoms with Gasteiger partial charge in [0.1, 0.15) is 11.6 Å². The molecule has 0 spiro atoms. The van der Waals surface area contributed by atoms with Crippen molar-refractivity contribution in [1.82, 2.24) is 9.97 Å². The van der Waals surface area contributed by atoms with Gasteiger partial charge in [-0.05, 0) is 72.3 Å². The quantitative estimate of drug-likeness (QED) is 0.324. The van der Waals surface area contributed by atoms with Gasteiger partial charge < -0.3 is 21.1 Å². The minimum atomic E-state index is -0.849. The summed E-state index contributed by atoms with van der Waals surface area (Å²) in [4.78, 5) is 33.4. The van der Waals surface area contributed by atoms with Crippen LogP contribution in [-0.2, 0) is 9.59 Å². The minimum Gasteiger partial charge on any atom is -0.495 e. The van der Waals surface area contributed by atoms with Crippen molar-refractivity contribution in [2.45, 2.75) is 13.8 Å². The summed E-state index contributed by atoms with van der Waals surface area (Å²) >= 11 is 0. The van der Waals surface area contributed by atoms with E-state index in [1.807, 2.05) is 38.1 Å². The Balaban J connectivity index is 1.58. The molecular formula is C25H23N5O3. The van der Waals surface area contributed by atoms with E-state index in [2.05, 4.69) is 20.6 Å². The van der Waals surface area contributed by atoms with E-state index in [1.54, 1.807) is 36.8 Å². The average molecular weight is 441 g/mol. The molecule has 0 saturated carbocycles. The Morgan fingerprint density at radius 1 is 0.970 bits per heavy atom. The van der Waals surface area contributed by atoms with E-state index < -0.39 is 11.8 Å². The van der Waals surface area contributed by atoms with Crippen LogP contribution in [0.2, 0.25) is 0 Å². The Hall–Kier alpha value is -4.46. The second-order valence-electron chi connectivity index (χ2n) is 7.66. The van der Waals surface area contributed by atoms with Crippen molar-refractivity contribution in [1.29, 1.82) is 0 Å². The molecule has 0 aliphatic rings. The lowest BCUT2D eigenvalue weighted by Crippen LogP contribution is -2.29. The highest BCUT2D eigenvalue weighted by molar-refractivity contribution is 6.43. The van der Waals surface area contributed by atoms with E-state index in [1.165, 1.54) is 7.11 Å². The van der Waals surface area contributed by atoms with Gasteiger partial charge in [0.25, 0.3) is 0 Å². The monoisotopic (exact) mass is 441 g/mol. The largest absolute Gasteiger partial charge is 0.495 e. The van der Waals surface area contributed by atoms with Gasteiger partial charge in [0.05, 0.1) is 12.8 Å². The third-order valence-corrected chi connectivity index (χ3v) is 5.27. The Kier molecular flexibility index (Phi) is 5.91. The standard InChI is InChI=1S/C25H23N5O3/c1-14-4-5-22(33-3)21(8-14)29-24(31)25(32)30-23-11-17-9-16(10-20(26)19(17)13-28-23)18-12-27-7-6-15(18)2/h4-13H,26H2,1-3H3,(H,29,31)(H,28,30,32).